The van der Waals surface area contributed by atoms with Gasteiger partial charge < -0.3 is 14.2 Å². The lowest BCUT2D eigenvalue weighted by molar-refractivity contribution is -0.139. The summed E-state index contributed by atoms with van der Waals surface area (Å²) in [5.74, 6) is 0.381. The van der Waals surface area contributed by atoms with Gasteiger partial charge in [0.05, 0.1) is 19.3 Å². The molecule has 2 aromatic carbocycles. The summed E-state index contributed by atoms with van der Waals surface area (Å²) in [5.41, 5.74) is 4.24. The SMILES string of the molecule is CCOC(=O)C1=C(c2ccccc2)c2ccc(OC)cc2C1OC. The number of ether oxygens (including phenoxy) is 3. The molecule has 0 N–H and O–H groups in total. The van der Waals surface area contributed by atoms with Crippen LogP contribution in [0.3, 0.4) is 0 Å². The second-order valence-electron chi connectivity index (χ2n) is 5.44. The topological polar surface area (TPSA) is 44.8 Å². The van der Waals surface area contributed by atoms with Crippen molar-refractivity contribution in [2.24, 2.45) is 0 Å². The van der Waals surface area contributed by atoms with Crippen molar-refractivity contribution in [1.29, 1.82) is 0 Å². The molecule has 0 amide bonds. The van der Waals surface area contributed by atoms with Crippen molar-refractivity contribution in [3.05, 3.63) is 70.8 Å². The average molecular weight is 324 g/mol. The lowest BCUT2D eigenvalue weighted by atomic mass is 9.97. The van der Waals surface area contributed by atoms with Crippen molar-refractivity contribution >= 4 is 11.5 Å². The van der Waals surface area contributed by atoms with Crippen LogP contribution < -0.4 is 4.74 Å². The van der Waals surface area contributed by atoms with Crippen molar-refractivity contribution in [1.82, 2.24) is 0 Å². The van der Waals surface area contributed by atoms with Crippen LogP contribution >= 0.6 is 0 Å². The van der Waals surface area contributed by atoms with E-state index in [4.69, 9.17) is 14.2 Å². The first-order chi connectivity index (χ1) is 11.7. The molecule has 124 valence electrons. The molecule has 4 nitrogen and oxygen atoms in total. The third-order valence-corrected chi connectivity index (χ3v) is 4.14. The predicted molar refractivity (Wildman–Crippen MR) is 91.8 cm³/mol. The van der Waals surface area contributed by atoms with Gasteiger partial charge in [-0.3, -0.25) is 0 Å². The van der Waals surface area contributed by atoms with Crippen LogP contribution in [0.1, 0.15) is 29.7 Å². The van der Waals surface area contributed by atoms with E-state index in [1.165, 1.54) is 0 Å². The Morgan fingerprint density at radius 3 is 2.46 bits per heavy atom. The first kappa shape index (κ1) is 16.3. The van der Waals surface area contributed by atoms with Crippen molar-refractivity contribution < 1.29 is 19.0 Å². The molecule has 1 atom stereocenters. The molecule has 0 saturated carbocycles. The maximum Gasteiger partial charge on any atom is 0.337 e. The fourth-order valence-corrected chi connectivity index (χ4v) is 3.12. The highest BCUT2D eigenvalue weighted by molar-refractivity contribution is 6.06. The van der Waals surface area contributed by atoms with Crippen molar-refractivity contribution in [2.75, 3.05) is 20.8 Å². The zero-order valence-electron chi connectivity index (χ0n) is 14.0. The molecule has 1 aliphatic rings. The van der Waals surface area contributed by atoms with E-state index in [0.29, 0.717) is 12.2 Å². The number of hydrogen-bond acceptors (Lipinski definition) is 4. The van der Waals surface area contributed by atoms with Crippen molar-refractivity contribution in [3.63, 3.8) is 0 Å². The van der Waals surface area contributed by atoms with Gasteiger partial charge in [0.1, 0.15) is 11.9 Å². The number of esters is 1. The second kappa shape index (κ2) is 6.89. The van der Waals surface area contributed by atoms with Crippen LogP contribution in [0.4, 0.5) is 0 Å². The fraction of sp³-hybridized carbons (Fsp3) is 0.250. The van der Waals surface area contributed by atoms with E-state index in [1.807, 2.05) is 48.5 Å². The van der Waals surface area contributed by atoms with Gasteiger partial charge in [-0.05, 0) is 35.7 Å². The van der Waals surface area contributed by atoms with Gasteiger partial charge in [-0.15, -0.1) is 0 Å². The van der Waals surface area contributed by atoms with E-state index in [2.05, 4.69) is 0 Å². The summed E-state index contributed by atoms with van der Waals surface area (Å²) in [4.78, 5) is 12.6. The Labute approximate surface area is 141 Å². The standard InChI is InChI=1S/C20H20O4/c1-4-24-20(21)18-17(13-8-6-5-7-9-13)15-11-10-14(22-2)12-16(15)19(18)23-3/h5-12,19H,4H2,1-3H3. The van der Waals surface area contributed by atoms with Crippen LogP contribution in [0, 0.1) is 0 Å². The summed E-state index contributed by atoms with van der Waals surface area (Å²) in [6.45, 7) is 2.12. The van der Waals surface area contributed by atoms with Gasteiger partial charge in [0.15, 0.2) is 0 Å². The molecule has 24 heavy (non-hydrogen) atoms. The number of benzene rings is 2. The van der Waals surface area contributed by atoms with Crippen molar-refractivity contribution in [2.45, 2.75) is 13.0 Å². The summed E-state index contributed by atoms with van der Waals surface area (Å²) in [5, 5.41) is 0. The smallest absolute Gasteiger partial charge is 0.337 e. The largest absolute Gasteiger partial charge is 0.497 e. The van der Waals surface area contributed by atoms with Crippen molar-refractivity contribution in [3.8, 4) is 5.75 Å². The van der Waals surface area contributed by atoms with E-state index in [0.717, 1.165) is 28.0 Å². The quantitative estimate of drug-likeness (QED) is 0.786. The molecule has 2 aromatic rings. The van der Waals surface area contributed by atoms with E-state index in [1.54, 1.807) is 21.1 Å². The summed E-state index contributed by atoms with van der Waals surface area (Å²) in [6, 6.07) is 15.6. The van der Waals surface area contributed by atoms with Crippen LogP contribution in [0.2, 0.25) is 0 Å². The minimum absolute atomic E-state index is 0.320. The van der Waals surface area contributed by atoms with Gasteiger partial charge in [0.2, 0.25) is 0 Å². The van der Waals surface area contributed by atoms with E-state index in [9.17, 15) is 4.79 Å². The summed E-state index contributed by atoms with van der Waals surface area (Å²) >= 11 is 0. The Hall–Kier alpha value is -2.59. The van der Waals surface area contributed by atoms with Gasteiger partial charge in [-0.25, -0.2) is 4.79 Å². The third kappa shape index (κ3) is 2.69. The average Bonchev–Trinajstić information content (AvgIpc) is 2.96. The van der Waals surface area contributed by atoms with Crippen LogP contribution in [0.5, 0.6) is 5.75 Å². The number of carbonyl (C=O) groups excluding carboxylic acids is 1. The van der Waals surface area contributed by atoms with Gasteiger partial charge in [-0.1, -0.05) is 36.4 Å². The summed E-state index contributed by atoms with van der Waals surface area (Å²) in [7, 11) is 3.22. The highest BCUT2D eigenvalue weighted by Crippen LogP contribution is 2.46. The van der Waals surface area contributed by atoms with Crippen LogP contribution in [-0.2, 0) is 14.3 Å². The molecule has 0 saturated heterocycles. The molecule has 0 aliphatic heterocycles. The number of methoxy groups -OCH3 is 2. The number of hydrogen-bond donors (Lipinski definition) is 0. The van der Waals surface area contributed by atoms with E-state index < -0.39 is 6.10 Å². The maximum absolute atomic E-state index is 12.6. The first-order valence-corrected chi connectivity index (χ1v) is 7.89. The van der Waals surface area contributed by atoms with Gasteiger partial charge in [0, 0.05) is 12.7 Å². The molecule has 4 heteroatoms. The van der Waals surface area contributed by atoms with Gasteiger partial charge in [0.25, 0.3) is 0 Å². The molecule has 0 fully saturated rings. The Morgan fingerprint density at radius 1 is 1.08 bits per heavy atom. The Morgan fingerprint density at radius 2 is 1.83 bits per heavy atom. The molecule has 0 aromatic heterocycles. The maximum atomic E-state index is 12.6. The number of fused-ring (bicyclic) bond motifs is 1. The highest BCUT2D eigenvalue weighted by Gasteiger charge is 2.37. The van der Waals surface area contributed by atoms with E-state index >= 15 is 0 Å². The molecule has 0 heterocycles. The number of rotatable bonds is 5. The monoisotopic (exact) mass is 324 g/mol. The third-order valence-electron chi connectivity index (χ3n) is 4.14. The Bertz CT molecular complexity index is 777. The molecule has 0 radical (unpaired) electrons. The zero-order chi connectivity index (χ0) is 17.1. The Balaban J connectivity index is 2.24. The molecule has 0 bridgehead atoms. The number of carbonyl (C=O) groups is 1. The molecule has 0 spiro atoms. The van der Waals surface area contributed by atoms with Crippen LogP contribution in [0.15, 0.2) is 54.1 Å². The molecular formula is C20H20O4. The molecular weight excluding hydrogens is 304 g/mol. The van der Waals surface area contributed by atoms with Gasteiger partial charge >= 0.3 is 5.97 Å². The summed E-state index contributed by atoms with van der Waals surface area (Å²) in [6.07, 6.45) is -0.468. The second-order valence-corrected chi connectivity index (χ2v) is 5.44. The summed E-state index contributed by atoms with van der Waals surface area (Å²) < 4.78 is 16.3. The molecule has 1 unspecified atom stereocenters. The molecule has 3 rings (SSSR count). The van der Waals surface area contributed by atoms with Crippen LogP contribution in [-0.4, -0.2) is 26.8 Å². The Kier molecular flexibility index (Phi) is 4.67. The minimum atomic E-state index is -0.468. The normalized spacial score (nSPS) is 16.0. The molecule has 1 aliphatic carbocycles. The first-order valence-electron chi connectivity index (χ1n) is 7.89. The lowest BCUT2D eigenvalue weighted by Crippen LogP contribution is -2.14. The predicted octanol–water partition coefficient (Wildman–Crippen LogP) is 3.76. The zero-order valence-corrected chi connectivity index (χ0v) is 14.0. The highest BCUT2D eigenvalue weighted by atomic mass is 16.5. The van der Waals surface area contributed by atoms with Gasteiger partial charge in [-0.2, -0.15) is 0 Å². The lowest BCUT2D eigenvalue weighted by Gasteiger charge is -2.14. The minimum Gasteiger partial charge on any atom is -0.497 e. The van der Waals surface area contributed by atoms with Crippen LogP contribution in [0.25, 0.3) is 5.57 Å². The fourth-order valence-electron chi connectivity index (χ4n) is 3.12. The van der Waals surface area contributed by atoms with E-state index in [-0.39, 0.29) is 5.97 Å².